The number of thioether (sulfide) groups is 1. The van der Waals surface area contributed by atoms with E-state index in [9.17, 15) is 30.0 Å². The lowest BCUT2D eigenvalue weighted by molar-refractivity contribution is -0.126. The van der Waals surface area contributed by atoms with Gasteiger partial charge in [0.15, 0.2) is 22.6 Å². The van der Waals surface area contributed by atoms with E-state index in [2.05, 4.69) is 19.9 Å². The van der Waals surface area contributed by atoms with Gasteiger partial charge < -0.3 is 39.5 Å². The van der Waals surface area contributed by atoms with Crippen LogP contribution >= 0.6 is 11.8 Å². The van der Waals surface area contributed by atoms with E-state index in [1.54, 1.807) is 0 Å². The highest BCUT2D eigenvalue weighted by atomic mass is 32.2. The number of imidazole rings is 1. The SMILES string of the molecule is O=CC(O)C(O)C(O)Cn1c(SCC(O)CN2CCOCC2)nc2c(=O)[nH]cnc21. The van der Waals surface area contributed by atoms with Crippen LogP contribution in [0.3, 0.4) is 0 Å². The number of hydrogen-bond donors (Lipinski definition) is 5. The first-order valence-electron chi connectivity index (χ1n) is 9.45. The lowest BCUT2D eigenvalue weighted by Crippen LogP contribution is -2.41. The molecule has 0 bridgehead atoms. The number of ether oxygens (including phenoxy) is 1. The van der Waals surface area contributed by atoms with Crippen molar-refractivity contribution >= 4 is 29.2 Å². The van der Waals surface area contributed by atoms with Gasteiger partial charge in [-0.1, -0.05) is 11.8 Å². The quantitative estimate of drug-likeness (QED) is 0.189. The predicted molar refractivity (Wildman–Crippen MR) is 106 cm³/mol. The molecular formula is C17H25N5O7S. The zero-order valence-electron chi connectivity index (χ0n) is 16.1. The smallest absolute Gasteiger partial charge is 0.278 e. The molecule has 4 unspecified atom stereocenters. The third-order valence-corrected chi connectivity index (χ3v) is 5.86. The number of aromatic amines is 1. The molecule has 0 amide bonds. The Morgan fingerprint density at radius 2 is 1.97 bits per heavy atom. The first-order chi connectivity index (χ1) is 14.4. The number of nitrogens with one attached hydrogen (secondary N) is 1. The Labute approximate surface area is 175 Å². The summed E-state index contributed by atoms with van der Waals surface area (Å²) < 4.78 is 6.71. The van der Waals surface area contributed by atoms with Gasteiger partial charge >= 0.3 is 0 Å². The Hall–Kier alpha value is -1.87. The van der Waals surface area contributed by atoms with E-state index in [0.29, 0.717) is 24.9 Å². The summed E-state index contributed by atoms with van der Waals surface area (Å²) in [6.07, 6.45) is -4.33. The van der Waals surface area contributed by atoms with E-state index in [1.165, 1.54) is 22.7 Å². The van der Waals surface area contributed by atoms with Crippen molar-refractivity contribution in [1.29, 1.82) is 0 Å². The highest BCUT2D eigenvalue weighted by Gasteiger charge is 2.27. The maximum absolute atomic E-state index is 12.1. The van der Waals surface area contributed by atoms with E-state index in [1.807, 2.05) is 0 Å². The second-order valence-electron chi connectivity index (χ2n) is 6.97. The zero-order chi connectivity index (χ0) is 21.7. The summed E-state index contributed by atoms with van der Waals surface area (Å²) >= 11 is 1.17. The van der Waals surface area contributed by atoms with Crippen LogP contribution in [0.2, 0.25) is 0 Å². The number of aldehydes is 1. The van der Waals surface area contributed by atoms with Gasteiger partial charge in [0.05, 0.1) is 32.2 Å². The third kappa shape index (κ3) is 5.43. The minimum Gasteiger partial charge on any atom is -0.391 e. The average molecular weight is 443 g/mol. The van der Waals surface area contributed by atoms with Crippen LogP contribution in [0.1, 0.15) is 0 Å². The normalized spacial score (nSPS) is 19.5. The molecule has 0 aromatic carbocycles. The molecule has 30 heavy (non-hydrogen) atoms. The molecule has 3 heterocycles. The summed E-state index contributed by atoms with van der Waals surface area (Å²) in [5, 5.41) is 40.3. The van der Waals surface area contributed by atoms with Gasteiger partial charge in [-0.25, -0.2) is 9.97 Å². The van der Waals surface area contributed by atoms with Crippen LogP contribution in [0.4, 0.5) is 0 Å². The molecule has 4 atom stereocenters. The monoisotopic (exact) mass is 443 g/mol. The van der Waals surface area contributed by atoms with E-state index in [-0.39, 0.29) is 29.7 Å². The van der Waals surface area contributed by atoms with Crippen LogP contribution in [0.25, 0.3) is 11.2 Å². The molecule has 0 aliphatic carbocycles. The van der Waals surface area contributed by atoms with Gasteiger partial charge in [-0.05, 0) is 0 Å². The van der Waals surface area contributed by atoms with Gasteiger partial charge in [0.1, 0.15) is 18.3 Å². The number of aromatic nitrogens is 4. The molecule has 3 rings (SSSR count). The summed E-state index contributed by atoms with van der Waals surface area (Å²) in [6.45, 7) is 2.92. The van der Waals surface area contributed by atoms with Crippen LogP contribution in [0, 0.1) is 0 Å². The number of aliphatic hydroxyl groups is 4. The molecule has 12 nitrogen and oxygen atoms in total. The van der Waals surface area contributed by atoms with Crippen LogP contribution in [-0.2, 0) is 16.1 Å². The molecule has 1 aliphatic heterocycles. The second-order valence-corrected chi connectivity index (χ2v) is 7.96. The summed E-state index contributed by atoms with van der Waals surface area (Å²) in [5.74, 6) is 0.272. The van der Waals surface area contributed by atoms with Crippen molar-refractivity contribution in [2.45, 2.75) is 36.1 Å². The van der Waals surface area contributed by atoms with Crippen molar-refractivity contribution in [3.8, 4) is 0 Å². The Balaban J connectivity index is 1.75. The average Bonchev–Trinajstić information content (AvgIpc) is 3.10. The first kappa shape index (κ1) is 22.8. The fourth-order valence-electron chi connectivity index (χ4n) is 3.11. The highest BCUT2D eigenvalue weighted by molar-refractivity contribution is 7.99. The van der Waals surface area contributed by atoms with Crippen LogP contribution in [0.15, 0.2) is 16.3 Å². The molecule has 1 fully saturated rings. The number of fused-ring (bicyclic) bond motifs is 1. The fourth-order valence-corrected chi connectivity index (χ4v) is 4.03. The number of morpholine rings is 1. The van der Waals surface area contributed by atoms with E-state index < -0.39 is 30.0 Å². The molecule has 166 valence electrons. The Morgan fingerprint density at radius 3 is 2.67 bits per heavy atom. The zero-order valence-corrected chi connectivity index (χ0v) is 16.9. The Morgan fingerprint density at radius 1 is 1.23 bits per heavy atom. The predicted octanol–water partition coefficient (Wildman–Crippen LogP) is -2.81. The fraction of sp³-hybridized carbons (Fsp3) is 0.647. The number of rotatable bonds is 10. The summed E-state index contributed by atoms with van der Waals surface area (Å²) in [4.78, 5) is 35.6. The largest absolute Gasteiger partial charge is 0.391 e. The summed E-state index contributed by atoms with van der Waals surface area (Å²) in [6, 6.07) is 0. The van der Waals surface area contributed by atoms with Gasteiger partial charge in [-0.2, -0.15) is 0 Å². The number of hydrogen-bond acceptors (Lipinski definition) is 11. The first-order valence-corrected chi connectivity index (χ1v) is 10.4. The molecule has 5 N–H and O–H groups in total. The van der Waals surface area contributed by atoms with Crippen molar-refractivity contribution in [2.24, 2.45) is 0 Å². The number of β-amino-alcohol motifs (C(OH)–C–C–N with tert-alkyl or cyclic N) is 1. The topological polar surface area (TPSA) is 174 Å². The van der Waals surface area contributed by atoms with Crippen molar-refractivity contribution in [3.63, 3.8) is 0 Å². The van der Waals surface area contributed by atoms with Gasteiger partial charge in [-0.3, -0.25) is 9.69 Å². The van der Waals surface area contributed by atoms with Gasteiger partial charge in [0.25, 0.3) is 5.56 Å². The summed E-state index contributed by atoms with van der Waals surface area (Å²) in [7, 11) is 0. The molecular weight excluding hydrogens is 418 g/mol. The van der Waals surface area contributed by atoms with E-state index >= 15 is 0 Å². The molecule has 1 saturated heterocycles. The Kier molecular flexibility index (Phi) is 7.93. The number of carbonyl (C=O) groups is 1. The second kappa shape index (κ2) is 10.4. The number of H-pyrrole nitrogens is 1. The van der Waals surface area contributed by atoms with Crippen LogP contribution < -0.4 is 5.56 Å². The highest BCUT2D eigenvalue weighted by Crippen LogP contribution is 2.23. The van der Waals surface area contributed by atoms with Gasteiger partial charge in [0.2, 0.25) is 0 Å². The van der Waals surface area contributed by atoms with Crippen LogP contribution in [-0.4, -0.2) is 114 Å². The minimum absolute atomic E-state index is 0.0419. The van der Waals surface area contributed by atoms with Gasteiger partial charge in [0, 0.05) is 25.4 Å². The minimum atomic E-state index is -1.75. The number of aliphatic hydroxyl groups excluding tert-OH is 4. The number of nitrogens with zero attached hydrogens (tertiary/aromatic N) is 4. The van der Waals surface area contributed by atoms with Crippen molar-refractivity contribution in [3.05, 3.63) is 16.7 Å². The molecule has 1 aliphatic rings. The molecule has 2 aromatic heterocycles. The third-order valence-electron chi connectivity index (χ3n) is 4.73. The summed E-state index contributed by atoms with van der Waals surface area (Å²) in [5.41, 5.74) is -0.256. The molecule has 2 aromatic rings. The van der Waals surface area contributed by atoms with E-state index in [0.717, 1.165) is 13.1 Å². The van der Waals surface area contributed by atoms with Gasteiger partial charge in [-0.15, -0.1) is 0 Å². The molecule has 0 spiro atoms. The molecule has 0 saturated carbocycles. The van der Waals surface area contributed by atoms with Crippen molar-refractivity contribution < 1.29 is 30.0 Å². The molecule has 13 heteroatoms. The Bertz CT molecular complexity index is 900. The lowest BCUT2D eigenvalue weighted by atomic mass is 10.1. The maximum Gasteiger partial charge on any atom is 0.278 e. The van der Waals surface area contributed by atoms with Crippen molar-refractivity contribution in [1.82, 2.24) is 24.4 Å². The number of carbonyl (C=O) groups excluding carboxylic acids is 1. The standard InChI is InChI=1S/C17H25N5O7S/c23-7-12(26)14(27)11(25)6-22-15-13(16(28)19-9-18-15)20-17(22)30-8-10(24)5-21-1-3-29-4-2-21/h7,9-12,14,24-27H,1-6,8H2,(H,18,19,28). The van der Waals surface area contributed by atoms with Crippen molar-refractivity contribution in [2.75, 3.05) is 38.6 Å². The lowest BCUT2D eigenvalue weighted by Gasteiger charge is -2.28. The van der Waals surface area contributed by atoms with E-state index in [4.69, 9.17) is 4.74 Å². The molecule has 0 radical (unpaired) electrons. The van der Waals surface area contributed by atoms with Crippen LogP contribution in [0.5, 0.6) is 0 Å². The maximum atomic E-state index is 12.1.